The van der Waals surface area contributed by atoms with Crippen LogP contribution in [0.5, 0.6) is 0 Å². The molecule has 2 heterocycles. The van der Waals surface area contributed by atoms with E-state index in [0.717, 1.165) is 25.1 Å². The van der Waals surface area contributed by atoms with E-state index in [1.54, 1.807) is 13.4 Å². The van der Waals surface area contributed by atoms with Crippen molar-refractivity contribution >= 4 is 5.91 Å². The highest BCUT2D eigenvalue weighted by atomic mass is 16.5. The summed E-state index contributed by atoms with van der Waals surface area (Å²) in [7, 11) is 1.67. The maximum Gasteiger partial charge on any atom is 0.237 e. The van der Waals surface area contributed by atoms with Crippen LogP contribution >= 0.6 is 0 Å². The lowest BCUT2D eigenvalue weighted by Crippen LogP contribution is -2.41. The summed E-state index contributed by atoms with van der Waals surface area (Å²) in [6, 6.07) is 3.62. The summed E-state index contributed by atoms with van der Waals surface area (Å²) < 4.78 is 10.4. The van der Waals surface area contributed by atoms with Crippen LogP contribution in [0.15, 0.2) is 22.8 Å². The van der Waals surface area contributed by atoms with Crippen LogP contribution in [-0.4, -0.2) is 38.3 Å². The Bertz CT molecular complexity index is 351. The second kappa shape index (κ2) is 5.84. The van der Waals surface area contributed by atoms with Crippen molar-refractivity contribution in [1.82, 2.24) is 10.6 Å². The second-order valence-corrected chi connectivity index (χ2v) is 4.17. The molecule has 1 aromatic heterocycles. The predicted octanol–water partition coefficient (Wildman–Crippen LogP) is 0.315. The van der Waals surface area contributed by atoms with Crippen LogP contribution in [-0.2, 0) is 16.0 Å². The zero-order valence-electron chi connectivity index (χ0n) is 9.94. The first-order chi connectivity index (χ1) is 8.29. The van der Waals surface area contributed by atoms with E-state index >= 15 is 0 Å². The largest absolute Gasteiger partial charge is 0.469 e. The monoisotopic (exact) mass is 238 g/mol. The van der Waals surface area contributed by atoms with Gasteiger partial charge in [0.25, 0.3) is 0 Å². The van der Waals surface area contributed by atoms with Gasteiger partial charge in [0, 0.05) is 26.6 Å². The highest BCUT2D eigenvalue weighted by molar-refractivity contribution is 5.82. The highest BCUT2D eigenvalue weighted by Crippen LogP contribution is 2.09. The van der Waals surface area contributed by atoms with Crippen LogP contribution < -0.4 is 10.6 Å². The van der Waals surface area contributed by atoms with Gasteiger partial charge in [-0.2, -0.15) is 0 Å². The second-order valence-electron chi connectivity index (χ2n) is 4.17. The molecule has 17 heavy (non-hydrogen) atoms. The molecule has 1 aromatic rings. The number of carbonyl (C=O) groups excluding carboxylic acids is 1. The van der Waals surface area contributed by atoms with Crippen molar-refractivity contribution in [2.45, 2.75) is 25.0 Å². The van der Waals surface area contributed by atoms with E-state index in [-0.39, 0.29) is 18.1 Å². The summed E-state index contributed by atoms with van der Waals surface area (Å²) in [5, 5.41) is 6.03. The lowest BCUT2D eigenvalue weighted by atomic mass is 10.2. The number of carbonyl (C=O) groups is 1. The quantitative estimate of drug-likeness (QED) is 0.775. The fourth-order valence-corrected chi connectivity index (χ4v) is 1.97. The molecule has 1 aliphatic rings. The number of hydrogen-bond acceptors (Lipinski definition) is 4. The minimum atomic E-state index is -0.128. The number of amides is 1. The molecule has 1 saturated heterocycles. The maximum atomic E-state index is 11.8. The first-order valence-corrected chi connectivity index (χ1v) is 5.86. The molecule has 0 saturated carbocycles. The van der Waals surface area contributed by atoms with Gasteiger partial charge in [-0.3, -0.25) is 4.79 Å². The first-order valence-electron chi connectivity index (χ1n) is 5.86. The summed E-state index contributed by atoms with van der Waals surface area (Å²) >= 11 is 0. The average molecular weight is 238 g/mol. The third-order valence-electron chi connectivity index (χ3n) is 2.99. The standard InChI is InChI=1S/C12H18N2O3/c1-16-10-7-11(14-8-10)12(15)13-5-4-9-3-2-6-17-9/h2-3,6,10-11,14H,4-5,7-8H2,1H3,(H,13,15). The van der Waals surface area contributed by atoms with Crippen molar-refractivity contribution in [3.63, 3.8) is 0 Å². The molecule has 0 radical (unpaired) electrons. The van der Waals surface area contributed by atoms with Crippen LogP contribution in [0, 0.1) is 0 Å². The van der Waals surface area contributed by atoms with Crippen LogP contribution in [0.3, 0.4) is 0 Å². The van der Waals surface area contributed by atoms with Crippen molar-refractivity contribution in [2.75, 3.05) is 20.2 Å². The first kappa shape index (κ1) is 12.1. The molecule has 1 amide bonds. The molecule has 2 unspecified atom stereocenters. The van der Waals surface area contributed by atoms with Crippen molar-refractivity contribution < 1.29 is 13.9 Å². The Morgan fingerprint density at radius 1 is 1.71 bits per heavy atom. The average Bonchev–Trinajstić information content (AvgIpc) is 2.99. The normalized spacial score (nSPS) is 23.8. The zero-order valence-corrected chi connectivity index (χ0v) is 9.94. The molecule has 1 fully saturated rings. The number of ether oxygens (including phenoxy) is 1. The van der Waals surface area contributed by atoms with Gasteiger partial charge in [-0.1, -0.05) is 0 Å². The number of hydrogen-bond donors (Lipinski definition) is 2. The minimum Gasteiger partial charge on any atom is -0.469 e. The van der Waals surface area contributed by atoms with Crippen LogP contribution in [0.1, 0.15) is 12.2 Å². The topological polar surface area (TPSA) is 63.5 Å². The smallest absolute Gasteiger partial charge is 0.237 e. The Morgan fingerprint density at radius 3 is 3.24 bits per heavy atom. The summed E-state index contributed by atoms with van der Waals surface area (Å²) in [6.07, 6.45) is 3.25. The van der Waals surface area contributed by atoms with E-state index in [0.29, 0.717) is 6.54 Å². The lowest BCUT2D eigenvalue weighted by Gasteiger charge is -2.10. The lowest BCUT2D eigenvalue weighted by molar-refractivity contribution is -0.122. The zero-order chi connectivity index (χ0) is 12.1. The minimum absolute atomic E-state index is 0.0381. The van der Waals surface area contributed by atoms with E-state index in [2.05, 4.69) is 10.6 Å². The van der Waals surface area contributed by atoms with Crippen LogP contribution in [0.2, 0.25) is 0 Å². The molecular weight excluding hydrogens is 220 g/mol. The molecule has 0 spiro atoms. The number of furan rings is 1. The molecule has 2 rings (SSSR count). The molecule has 2 atom stereocenters. The number of rotatable bonds is 5. The number of nitrogens with one attached hydrogen (secondary N) is 2. The van der Waals surface area contributed by atoms with Gasteiger partial charge in [0.1, 0.15) is 5.76 Å². The number of methoxy groups -OCH3 is 1. The van der Waals surface area contributed by atoms with Crippen LogP contribution in [0.4, 0.5) is 0 Å². The molecule has 0 aromatic carbocycles. The summed E-state index contributed by atoms with van der Waals surface area (Å²) in [4.78, 5) is 11.8. The molecule has 5 nitrogen and oxygen atoms in total. The van der Waals surface area contributed by atoms with Gasteiger partial charge in [-0.15, -0.1) is 0 Å². The summed E-state index contributed by atoms with van der Waals surface area (Å²) in [6.45, 7) is 1.34. The van der Waals surface area contributed by atoms with E-state index in [9.17, 15) is 4.79 Å². The van der Waals surface area contributed by atoms with E-state index in [4.69, 9.17) is 9.15 Å². The van der Waals surface area contributed by atoms with E-state index in [1.165, 1.54) is 0 Å². The van der Waals surface area contributed by atoms with Gasteiger partial charge < -0.3 is 19.8 Å². The molecule has 5 heteroatoms. The Hall–Kier alpha value is -1.33. The summed E-state index contributed by atoms with van der Waals surface area (Å²) in [5.74, 6) is 0.926. The molecule has 2 N–H and O–H groups in total. The summed E-state index contributed by atoms with van der Waals surface area (Å²) in [5.41, 5.74) is 0. The molecule has 0 bridgehead atoms. The Labute approximate surface area is 101 Å². The Kier molecular flexibility index (Phi) is 4.17. The molecule has 1 aliphatic heterocycles. The van der Waals surface area contributed by atoms with Gasteiger partial charge in [-0.25, -0.2) is 0 Å². The van der Waals surface area contributed by atoms with E-state index < -0.39 is 0 Å². The SMILES string of the molecule is COC1CNC(C(=O)NCCc2ccco2)C1. The third-order valence-corrected chi connectivity index (χ3v) is 2.99. The van der Waals surface area contributed by atoms with Crippen molar-refractivity contribution in [1.29, 1.82) is 0 Å². The van der Waals surface area contributed by atoms with Crippen molar-refractivity contribution in [3.05, 3.63) is 24.2 Å². The van der Waals surface area contributed by atoms with Gasteiger partial charge in [0.15, 0.2) is 0 Å². The van der Waals surface area contributed by atoms with Gasteiger partial charge in [-0.05, 0) is 18.6 Å². The Morgan fingerprint density at radius 2 is 2.59 bits per heavy atom. The molecular formula is C12H18N2O3. The van der Waals surface area contributed by atoms with Gasteiger partial charge in [0.2, 0.25) is 5.91 Å². The van der Waals surface area contributed by atoms with E-state index in [1.807, 2.05) is 12.1 Å². The van der Waals surface area contributed by atoms with Gasteiger partial charge in [0.05, 0.1) is 18.4 Å². The molecule has 94 valence electrons. The Balaban J connectivity index is 1.67. The van der Waals surface area contributed by atoms with Crippen LogP contribution in [0.25, 0.3) is 0 Å². The highest BCUT2D eigenvalue weighted by Gasteiger charge is 2.28. The maximum absolute atomic E-state index is 11.8. The van der Waals surface area contributed by atoms with Crippen molar-refractivity contribution in [2.24, 2.45) is 0 Å². The predicted molar refractivity (Wildman–Crippen MR) is 62.6 cm³/mol. The third kappa shape index (κ3) is 3.31. The fraction of sp³-hybridized carbons (Fsp3) is 0.583. The van der Waals surface area contributed by atoms with Gasteiger partial charge >= 0.3 is 0 Å². The molecule has 0 aliphatic carbocycles. The fourth-order valence-electron chi connectivity index (χ4n) is 1.97. The van der Waals surface area contributed by atoms with Crippen molar-refractivity contribution in [3.8, 4) is 0 Å².